The number of amides is 1. The molecular weight excluding hydrogens is 374 g/mol. The van der Waals surface area contributed by atoms with Gasteiger partial charge in [0.25, 0.3) is 5.69 Å². The van der Waals surface area contributed by atoms with Crippen LogP contribution < -0.4 is 5.32 Å². The molecule has 0 heterocycles. The lowest BCUT2D eigenvalue weighted by atomic mass is 10.1. The molecule has 0 spiro atoms. The fourth-order valence-corrected chi connectivity index (χ4v) is 2.78. The van der Waals surface area contributed by atoms with E-state index in [4.69, 9.17) is 0 Å². The van der Waals surface area contributed by atoms with E-state index in [1.807, 2.05) is 36.2 Å². The highest BCUT2D eigenvalue weighted by molar-refractivity contribution is 9.10. The number of carbonyl (C=O) groups excluding carboxylic acids is 1. The molecule has 2 rings (SSSR count). The summed E-state index contributed by atoms with van der Waals surface area (Å²) in [6.45, 7) is 2.42. The van der Waals surface area contributed by atoms with Gasteiger partial charge in [-0.1, -0.05) is 40.2 Å². The summed E-state index contributed by atoms with van der Waals surface area (Å²) in [5.41, 5.74) is 1.99. The van der Waals surface area contributed by atoms with Crippen LogP contribution in [0.15, 0.2) is 46.9 Å². The molecule has 0 aliphatic carbocycles. The summed E-state index contributed by atoms with van der Waals surface area (Å²) in [4.78, 5) is 24.6. The molecule has 0 bridgehead atoms. The zero-order chi connectivity index (χ0) is 17.7. The minimum Gasteiger partial charge on any atom is -0.324 e. The van der Waals surface area contributed by atoms with E-state index in [-0.39, 0.29) is 18.1 Å². The molecule has 126 valence electrons. The first kappa shape index (κ1) is 18.1. The molecule has 7 heteroatoms. The van der Waals surface area contributed by atoms with Crippen molar-refractivity contribution in [3.63, 3.8) is 0 Å². The first-order chi connectivity index (χ1) is 11.4. The first-order valence-electron chi connectivity index (χ1n) is 7.34. The van der Waals surface area contributed by atoms with Gasteiger partial charge in [0.15, 0.2) is 0 Å². The molecule has 0 fully saturated rings. The van der Waals surface area contributed by atoms with Crippen molar-refractivity contribution in [2.45, 2.75) is 13.5 Å². The van der Waals surface area contributed by atoms with Crippen molar-refractivity contribution in [3.05, 3.63) is 68.2 Å². The predicted molar refractivity (Wildman–Crippen MR) is 96.9 cm³/mol. The maximum absolute atomic E-state index is 12.2. The van der Waals surface area contributed by atoms with Crippen molar-refractivity contribution in [3.8, 4) is 0 Å². The van der Waals surface area contributed by atoms with Gasteiger partial charge >= 0.3 is 0 Å². The van der Waals surface area contributed by atoms with E-state index >= 15 is 0 Å². The molecule has 0 aliphatic heterocycles. The van der Waals surface area contributed by atoms with E-state index < -0.39 is 4.92 Å². The Labute approximate surface area is 148 Å². The Morgan fingerprint density at radius 2 is 1.96 bits per heavy atom. The van der Waals surface area contributed by atoms with E-state index in [9.17, 15) is 14.9 Å². The van der Waals surface area contributed by atoms with Gasteiger partial charge in [0.1, 0.15) is 0 Å². The molecule has 6 nitrogen and oxygen atoms in total. The van der Waals surface area contributed by atoms with Gasteiger partial charge in [0.05, 0.1) is 22.7 Å². The number of benzene rings is 2. The van der Waals surface area contributed by atoms with Gasteiger partial charge in [0, 0.05) is 17.1 Å². The van der Waals surface area contributed by atoms with Crippen LogP contribution in [0.25, 0.3) is 0 Å². The number of nitro benzene ring substituents is 1. The van der Waals surface area contributed by atoms with Crippen molar-refractivity contribution in [1.82, 2.24) is 4.90 Å². The third kappa shape index (κ3) is 4.62. The van der Waals surface area contributed by atoms with Crippen LogP contribution >= 0.6 is 15.9 Å². The summed E-state index contributed by atoms with van der Waals surface area (Å²) < 4.78 is 0.992. The molecule has 0 unspecified atom stereocenters. The van der Waals surface area contributed by atoms with Crippen LogP contribution in [0.2, 0.25) is 0 Å². The summed E-state index contributed by atoms with van der Waals surface area (Å²) in [6, 6.07) is 12.5. The second kappa shape index (κ2) is 8.03. The van der Waals surface area contributed by atoms with Crippen molar-refractivity contribution in [2.24, 2.45) is 0 Å². The number of halogens is 1. The van der Waals surface area contributed by atoms with Crippen LogP contribution in [0.1, 0.15) is 11.1 Å². The van der Waals surface area contributed by atoms with Gasteiger partial charge in [-0.25, -0.2) is 0 Å². The fraction of sp³-hybridized carbons (Fsp3) is 0.235. The maximum atomic E-state index is 12.2. The summed E-state index contributed by atoms with van der Waals surface area (Å²) in [5, 5.41) is 13.7. The standard InChI is InChI=1S/C17H18BrN3O3/c1-12-15(8-5-9-16(12)21(23)24)19-17(22)11-20(2)10-13-6-3-4-7-14(13)18/h3-9H,10-11H2,1-2H3,(H,19,22). The van der Waals surface area contributed by atoms with Gasteiger partial charge in [-0.3, -0.25) is 19.8 Å². The molecule has 0 aromatic heterocycles. The molecule has 1 amide bonds. The van der Waals surface area contributed by atoms with Crippen LogP contribution in [0, 0.1) is 17.0 Å². The van der Waals surface area contributed by atoms with E-state index in [2.05, 4.69) is 21.2 Å². The minimum absolute atomic E-state index is 0.00521. The first-order valence-corrected chi connectivity index (χ1v) is 8.13. The quantitative estimate of drug-likeness (QED) is 0.600. The number of hydrogen-bond acceptors (Lipinski definition) is 4. The predicted octanol–water partition coefficient (Wildman–Crippen LogP) is 3.74. The van der Waals surface area contributed by atoms with Crippen LogP contribution in [0.5, 0.6) is 0 Å². The number of nitrogens with zero attached hydrogens (tertiary/aromatic N) is 2. The largest absolute Gasteiger partial charge is 0.324 e. The third-order valence-corrected chi connectivity index (χ3v) is 4.36. The summed E-state index contributed by atoms with van der Waals surface area (Å²) in [5.74, 6) is -0.215. The lowest BCUT2D eigenvalue weighted by Crippen LogP contribution is -2.30. The smallest absolute Gasteiger partial charge is 0.274 e. The van der Waals surface area contributed by atoms with Gasteiger partial charge in [0.2, 0.25) is 5.91 Å². The third-order valence-electron chi connectivity index (χ3n) is 3.59. The van der Waals surface area contributed by atoms with E-state index in [0.29, 0.717) is 17.8 Å². The number of anilines is 1. The Balaban J connectivity index is 2.00. The molecule has 2 aromatic rings. The average Bonchev–Trinajstić information content (AvgIpc) is 2.51. The highest BCUT2D eigenvalue weighted by Crippen LogP contribution is 2.25. The number of nitro groups is 1. The van der Waals surface area contributed by atoms with E-state index in [0.717, 1.165) is 10.0 Å². The molecule has 0 radical (unpaired) electrons. The highest BCUT2D eigenvalue weighted by atomic mass is 79.9. The lowest BCUT2D eigenvalue weighted by Gasteiger charge is -2.17. The van der Waals surface area contributed by atoms with Crippen molar-refractivity contribution in [1.29, 1.82) is 0 Å². The normalized spacial score (nSPS) is 10.7. The number of likely N-dealkylation sites (N-methyl/N-ethyl adjacent to an activating group) is 1. The summed E-state index contributed by atoms with van der Waals surface area (Å²) in [7, 11) is 1.85. The molecule has 1 N–H and O–H groups in total. The zero-order valence-electron chi connectivity index (χ0n) is 13.5. The summed E-state index contributed by atoms with van der Waals surface area (Å²) >= 11 is 3.48. The molecule has 2 aromatic carbocycles. The monoisotopic (exact) mass is 391 g/mol. The topological polar surface area (TPSA) is 75.5 Å². The van der Waals surface area contributed by atoms with Crippen molar-refractivity contribution < 1.29 is 9.72 Å². The van der Waals surface area contributed by atoms with Crippen LogP contribution in [0.3, 0.4) is 0 Å². The Morgan fingerprint density at radius 3 is 2.62 bits per heavy atom. The van der Waals surface area contributed by atoms with E-state index in [1.54, 1.807) is 19.1 Å². The highest BCUT2D eigenvalue weighted by Gasteiger charge is 2.15. The molecular formula is C17H18BrN3O3. The number of nitrogens with one attached hydrogen (secondary N) is 1. The van der Waals surface area contributed by atoms with Crippen LogP contribution in [-0.2, 0) is 11.3 Å². The second-order valence-electron chi connectivity index (χ2n) is 5.52. The number of hydrogen-bond donors (Lipinski definition) is 1. The van der Waals surface area contributed by atoms with Gasteiger partial charge in [-0.2, -0.15) is 0 Å². The fourth-order valence-electron chi connectivity index (χ4n) is 2.36. The molecule has 0 saturated heterocycles. The molecule has 24 heavy (non-hydrogen) atoms. The molecule has 0 saturated carbocycles. The maximum Gasteiger partial charge on any atom is 0.274 e. The lowest BCUT2D eigenvalue weighted by molar-refractivity contribution is -0.385. The van der Waals surface area contributed by atoms with Crippen molar-refractivity contribution in [2.75, 3.05) is 18.9 Å². The molecule has 0 atom stereocenters. The minimum atomic E-state index is -0.454. The zero-order valence-corrected chi connectivity index (χ0v) is 15.0. The van der Waals surface area contributed by atoms with Gasteiger partial charge < -0.3 is 5.32 Å². The van der Waals surface area contributed by atoms with Crippen LogP contribution in [-0.4, -0.2) is 29.3 Å². The van der Waals surface area contributed by atoms with Crippen molar-refractivity contribution >= 4 is 33.2 Å². The van der Waals surface area contributed by atoms with Crippen LogP contribution in [0.4, 0.5) is 11.4 Å². The summed E-state index contributed by atoms with van der Waals surface area (Å²) in [6.07, 6.45) is 0. The Hall–Kier alpha value is -2.25. The average molecular weight is 392 g/mol. The SMILES string of the molecule is Cc1c(NC(=O)CN(C)Cc2ccccc2Br)cccc1[N+](=O)[O-]. The van der Waals surface area contributed by atoms with E-state index in [1.165, 1.54) is 6.07 Å². The Bertz CT molecular complexity index is 764. The number of carbonyl (C=O) groups is 1. The molecule has 0 aliphatic rings. The Kier molecular flexibility index (Phi) is 6.05. The number of rotatable bonds is 6. The van der Waals surface area contributed by atoms with Gasteiger partial charge in [-0.15, -0.1) is 0 Å². The Morgan fingerprint density at radius 1 is 1.25 bits per heavy atom. The second-order valence-corrected chi connectivity index (χ2v) is 6.37. The van der Waals surface area contributed by atoms with Gasteiger partial charge in [-0.05, 0) is 31.7 Å².